The van der Waals surface area contributed by atoms with E-state index >= 15 is 0 Å². The minimum Gasteiger partial charge on any atom is -0.493 e. The van der Waals surface area contributed by atoms with Gasteiger partial charge in [0.25, 0.3) is 5.91 Å². The number of nitrogens with zero attached hydrogens (tertiary/aromatic N) is 2. The zero-order valence-electron chi connectivity index (χ0n) is 21.8. The average Bonchev–Trinajstić information content (AvgIpc) is 3.23. The molecule has 38 heavy (non-hydrogen) atoms. The Kier molecular flexibility index (Phi) is 9.10. The van der Waals surface area contributed by atoms with Gasteiger partial charge >= 0.3 is 0 Å². The summed E-state index contributed by atoms with van der Waals surface area (Å²) in [5, 5.41) is 0.871. The van der Waals surface area contributed by atoms with Crippen LogP contribution in [0.3, 0.4) is 0 Å². The molecule has 0 radical (unpaired) electrons. The predicted octanol–water partition coefficient (Wildman–Crippen LogP) is 8.11. The number of carbonyl (C=O) groups excluding carboxylic acids is 1. The molecule has 0 bridgehead atoms. The van der Waals surface area contributed by atoms with E-state index < -0.39 is 0 Å². The number of methoxy groups -OCH3 is 1. The highest BCUT2D eigenvalue weighted by Gasteiger charge is 2.39. The summed E-state index contributed by atoms with van der Waals surface area (Å²) in [4.78, 5) is 21.5. The maximum Gasteiger partial charge on any atom is 0.266 e. The molecule has 2 aromatic carbocycles. The van der Waals surface area contributed by atoms with Crippen molar-refractivity contribution < 1.29 is 18.7 Å². The number of benzene rings is 2. The lowest BCUT2D eigenvalue weighted by Crippen LogP contribution is -2.41. The molecule has 2 aliphatic carbocycles. The predicted molar refractivity (Wildman–Crippen MR) is 155 cm³/mol. The second kappa shape index (κ2) is 12.7. The largest absolute Gasteiger partial charge is 0.493 e. The molecule has 202 valence electrons. The summed E-state index contributed by atoms with van der Waals surface area (Å²) in [6.07, 6.45) is 13.5. The highest BCUT2D eigenvalue weighted by molar-refractivity contribution is 9.10. The first kappa shape index (κ1) is 27.3. The summed E-state index contributed by atoms with van der Waals surface area (Å²) in [6.45, 7) is 0.0771. The van der Waals surface area contributed by atoms with Crippen molar-refractivity contribution in [3.63, 3.8) is 0 Å². The number of aliphatic imine (C=N–C) groups is 1. The van der Waals surface area contributed by atoms with Gasteiger partial charge in [-0.2, -0.15) is 0 Å². The van der Waals surface area contributed by atoms with Gasteiger partial charge in [0.05, 0.1) is 22.5 Å². The molecule has 3 aliphatic rings. The van der Waals surface area contributed by atoms with E-state index in [4.69, 9.17) is 14.5 Å². The number of halogens is 2. The van der Waals surface area contributed by atoms with E-state index in [9.17, 15) is 9.18 Å². The van der Waals surface area contributed by atoms with E-state index in [2.05, 4.69) is 15.9 Å². The Morgan fingerprint density at radius 2 is 1.79 bits per heavy atom. The fourth-order valence-corrected chi connectivity index (χ4v) is 7.17. The van der Waals surface area contributed by atoms with Crippen LogP contribution in [0.2, 0.25) is 0 Å². The lowest BCUT2D eigenvalue weighted by Gasteiger charge is -2.31. The van der Waals surface area contributed by atoms with Gasteiger partial charge < -0.3 is 9.47 Å². The zero-order chi connectivity index (χ0) is 26.5. The van der Waals surface area contributed by atoms with E-state index in [0.717, 1.165) is 49.3 Å². The van der Waals surface area contributed by atoms with Gasteiger partial charge in [-0.15, -0.1) is 0 Å². The monoisotopic (exact) mass is 600 g/mol. The highest BCUT2D eigenvalue weighted by Crippen LogP contribution is 2.41. The second-order valence-electron chi connectivity index (χ2n) is 10.2. The number of hydrogen-bond donors (Lipinski definition) is 0. The van der Waals surface area contributed by atoms with Gasteiger partial charge in [0.15, 0.2) is 16.7 Å². The molecule has 3 fully saturated rings. The van der Waals surface area contributed by atoms with E-state index in [1.807, 2.05) is 23.1 Å². The van der Waals surface area contributed by atoms with Gasteiger partial charge in [0.2, 0.25) is 0 Å². The normalized spacial score (nSPS) is 21.4. The molecule has 0 aromatic heterocycles. The average molecular weight is 602 g/mol. The Morgan fingerprint density at radius 1 is 1.08 bits per heavy atom. The van der Waals surface area contributed by atoms with Gasteiger partial charge in [0, 0.05) is 11.6 Å². The molecule has 0 atom stereocenters. The van der Waals surface area contributed by atoms with Crippen LogP contribution in [0.1, 0.15) is 75.3 Å². The maximum atomic E-state index is 14.1. The van der Waals surface area contributed by atoms with Crippen LogP contribution in [-0.2, 0) is 11.4 Å². The Morgan fingerprint density at radius 3 is 2.50 bits per heavy atom. The molecular weight excluding hydrogens is 567 g/mol. The molecule has 2 aromatic rings. The molecule has 5 nitrogen and oxygen atoms in total. The molecule has 1 saturated heterocycles. The number of ether oxygens (including phenoxy) is 2. The van der Waals surface area contributed by atoms with Crippen LogP contribution < -0.4 is 9.47 Å². The quantitative estimate of drug-likeness (QED) is 0.301. The molecule has 1 aliphatic heterocycles. The van der Waals surface area contributed by atoms with Crippen molar-refractivity contribution in [2.24, 2.45) is 4.99 Å². The second-order valence-corrected chi connectivity index (χ2v) is 12.1. The van der Waals surface area contributed by atoms with Crippen LogP contribution >= 0.6 is 27.7 Å². The molecule has 0 N–H and O–H groups in total. The van der Waals surface area contributed by atoms with Gasteiger partial charge in [-0.25, -0.2) is 4.39 Å². The van der Waals surface area contributed by atoms with Crippen LogP contribution in [0.25, 0.3) is 6.08 Å². The first-order valence-electron chi connectivity index (χ1n) is 13.6. The number of amides is 1. The van der Waals surface area contributed by atoms with E-state index in [-0.39, 0.29) is 24.4 Å². The summed E-state index contributed by atoms with van der Waals surface area (Å²) < 4.78 is 26.3. The third-order valence-corrected chi connectivity index (χ3v) is 9.11. The van der Waals surface area contributed by atoms with Crippen LogP contribution in [0.5, 0.6) is 11.5 Å². The third-order valence-electron chi connectivity index (χ3n) is 7.52. The number of rotatable bonds is 7. The lowest BCUT2D eigenvalue weighted by atomic mass is 9.94. The SMILES string of the molecule is COc1cc(C=C2SC(=NC3CCCCC3)N(C3CCCCC3)C2=O)cc(Br)c1OCc1ccccc1F. The number of carbonyl (C=O) groups is 1. The molecule has 2 saturated carbocycles. The first-order valence-corrected chi connectivity index (χ1v) is 15.2. The number of hydrogen-bond acceptors (Lipinski definition) is 5. The summed E-state index contributed by atoms with van der Waals surface area (Å²) >= 11 is 5.09. The summed E-state index contributed by atoms with van der Waals surface area (Å²) in [5.74, 6) is 0.741. The Balaban J connectivity index is 1.40. The van der Waals surface area contributed by atoms with Crippen LogP contribution in [0.15, 0.2) is 50.8 Å². The molecule has 1 amide bonds. The molecule has 1 heterocycles. The van der Waals surface area contributed by atoms with E-state index in [1.165, 1.54) is 43.5 Å². The number of amidine groups is 1. The molecular formula is C30H34BrFN2O3S. The summed E-state index contributed by atoms with van der Waals surface area (Å²) in [5.41, 5.74) is 1.29. The van der Waals surface area contributed by atoms with E-state index in [1.54, 1.807) is 25.3 Å². The first-order chi connectivity index (χ1) is 18.5. The lowest BCUT2D eigenvalue weighted by molar-refractivity contribution is -0.124. The molecule has 0 unspecified atom stereocenters. The highest BCUT2D eigenvalue weighted by atomic mass is 79.9. The fourth-order valence-electron chi connectivity index (χ4n) is 5.48. The minimum absolute atomic E-state index is 0.0476. The van der Waals surface area contributed by atoms with Crippen molar-refractivity contribution in [1.82, 2.24) is 4.90 Å². The van der Waals surface area contributed by atoms with Crippen molar-refractivity contribution in [2.45, 2.75) is 82.9 Å². The van der Waals surface area contributed by atoms with Crippen molar-refractivity contribution in [2.75, 3.05) is 7.11 Å². The molecule has 5 rings (SSSR count). The minimum atomic E-state index is -0.311. The van der Waals surface area contributed by atoms with Crippen molar-refractivity contribution >= 4 is 44.8 Å². The molecule has 8 heteroatoms. The van der Waals surface area contributed by atoms with E-state index in [0.29, 0.717) is 32.5 Å². The van der Waals surface area contributed by atoms with Gasteiger partial charge in [-0.05, 0) is 83.2 Å². The molecule has 0 spiro atoms. The Hall–Kier alpha value is -2.32. The number of thioether (sulfide) groups is 1. The maximum absolute atomic E-state index is 14.1. The standard InChI is InChI=1S/C30H34BrFN2O3S/c1-36-26-17-20(16-24(31)28(26)37-19-21-10-8-9-15-25(21)32)18-27-29(35)34(23-13-6-3-7-14-23)30(38-27)33-22-11-4-2-5-12-22/h8-10,15-18,22-23H,2-7,11-14,19H2,1H3. The zero-order valence-corrected chi connectivity index (χ0v) is 24.2. The van der Waals surface area contributed by atoms with Crippen LogP contribution in [0, 0.1) is 5.82 Å². The third kappa shape index (κ3) is 6.28. The summed E-state index contributed by atoms with van der Waals surface area (Å²) in [6, 6.07) is 10.8. The Labute approximate surface area is 237 Å². The van der Waals surface area contributed by atoms with Crippen LogP contribution in [-0.4, -0.2) is 35.2 Å². The van der Waals surface area contributed by atoms with Gasteiger partial charge in [0.1, 0.15) is 12.4 Å². The van der Waals surface area contributed by atoms with Gasteiger partial charge in [-0.3, -0.25) is 14.7 Å². The fraction of sp³-hybridized carbons (Fsp3) is 0.467. The summed E-state index contributed by atoms with van der Waals surface area (Å²) in [7, 11) is 1.57. The van der Waals surface area contributed by atoms with Crippen molar-refractivity contribution in [1.29, 1.82) is 0 Å². The Bertz CT molecular complexity index is 1220. The topological polar surface area (TPSA) is 51.1 Å². The van der Waals surface area contributed by atoms with Gasteiger partial charge in [-0.1, -0.05) is 56.7 Å². The van der Waals surface area contributed by atoms with Crippen molar-refractivity contribution in [3.8, 4) is 11.5 Å². The smallest absolute Gasteiger partial charge is 0.266 e. The van der Waals surface area contributed by atoms with Crippen molar-refractivity contribution in [3.05, 3.63) is 62.7 Å². The van der Waals surface area contributed by atoms with Crippen LogP contribution in [0.4, 0.5) is 4.39 Å².